The fourth-order valence-corrected chi connectivity index (χ4v) is 2.80. The van der Waals surface area contributed by atoms with Gasteiger partial charge in [0.2, 0.25) is 12.1 Å². The maximum Gasteiger partial charge on any atom is 0.415 e. The van der Waals surface area contributed by atoms with Gasteiger partial charge in [0.1, 0.15) is 13.2 Å². The van der Waals surface area contributed by atoms with Crippen molar-refractivity contribution < 1.29 is 28.7 Å². The monoisotopic (exact) mass is 411 g/mol. The summed E-state index contributed by atoms with van der Waals surface area (Å²) in [5, 5.41) is 4.85. The third-order valence-corrected chi connectivity index (χ3v) is 4.27. The number of hydrogen-bond acceptors (Lipinski definition) is 6. The number of carbonyl (C=O) groups is 4. The van der Waals surface area contributed by atoms with Gasteiger partial charge in [-0.25, -0.2) is 4.79 Å². The van der Waals surface area contributed by atoms with E-state index in [4.69, 9.17) is 9.47 Å². The molecule has 3 amide bonds. The molecule has 9 heteroatoms. The van der Waals surface area contributed by atoms with Crippen molar-refractivity contribution in [2.75, 3.05) is 11.4 Å². The molecular formula is C21H21N3O6. The van der Waals surface area contributed by atoms with Crippen LogP contribution in [0.5, 0.6) is 0 Å². The maximum atomic E-state index is 12.7. The Morgan fingerprint density at radius 2 is 1.67 bits per heavy atom. The van der Waals surface area contributed by atoms with Crippen LogP contribution in [-0.2, 0) is 30.5 Å². The molecule has 1 saturated heterocycles. The minimum Gasteiger partial charge on any atom is -0.444 e. The number of nitrogens with zero attached hydrogens (tertiary/aromatic N) is 1. The molecule has 1 fully saturated rings. The fraction of sp³-hybridized carbons (Fsp3) is 0.238. The minimum atomic E-state index is -1.01. The standard InChI is InChI=1S/C21H21N3O6/c1-14(25)30-20-18(19(27)23-20)22-17(26)12-24(16-10-6-3-7-11-16)21(28)29-13-15-8-4-2-5-9-15/h2-11,18,20H,12-13H2,1H3,(H,22,26)(H,23,27)/t18-,20+/m1/s1. The maximum absolute atomic E-state index is 12.7. The third-order valence-electron chi connectivity index (χ3n) is 4.27. The second-order valence-corrected chi connectivity index (χ2v) is 6.55. The molecule has 1 aliphatic rings. The van der Waals surface area contributed by atoms with Crippen molar-refractivity contribution in [1.82, 2.24) is 10.6 Å². The van der Waals surface area contributed by atoms with E-state index >= 15 is 0 Å². The van der Waals surface area contributed by atoms with E-state index in [2.05, 4.69) is 10.6 Å². The lowest BCUT2D eigenvalue weighted by molar-refractivity contribution is -0.164. The van der Waals surface area contributed by atoms with Gasteiger partial charge in [0, 0.05) is 12.6 Å². The van der Waals surface area contributed by atoms with Crippen LogP contribution < -0.4 is 15.5 Å². The number of benzene rings is 2. The average Bonchev–Trinajstić information content (AvgIpc) is 2.75. The van der Waals surface area contributed by atoms with Gasteiger partial charge >= 0.3 is 12.1 Å². The average molecular weight is 411 g/mol. The Morgan fingerprint density at radius 1 is 1.03 bits per heavy atom. The predicted molar refractivity (Wildman–Crippen MR) is 106 cm³/mol. The Hall–Kier alpha value is -3.88. The van der Waals surface area contributed by atoms with E-state index in [1.807, 2.05) is 30.3 Å². The molecule has 3 rings (SSSR count). The first kappa shape index (κ1) is 20.8. The quantitative estimate of drug-likeness (QED) is 0.525. The zero-order valence-corrected chi connectivity index (χ0v) is 16.2. The first-order chi connectivity index (χ1) is 14.4. The van der Waals surface area contributed by atoms with Crippen LogP contribution in [0.4, 0.5) is 10.5 Å². The SMILES string of the molecule is CC(=O)O[C@@H]1NC(=O)[C@H]1NC(=O)CN(C(=O)OCc1ccccc1)c1ccccc1. The van der Waals surface area contributed by atoms with E-state index in [0.717, 1.165) is 10.5 Å². The Balaban J connectivity index is 1.65. The number of para-hydroxylation sites is 1. The van der Waals surface area contributed by atoms with Gasteiger partial charge in [-0.05, 0) is 17.7 Å². The van der Waals surface area contributed by atoms with Gasteiger partial charge in [-0.2, -0.15) is 0 Å². The summed E-state index contributed by atoms with van der Waals surface area (Å²) in [5.41, 5.74) is 1.26. The van der Waals surface area contributed by atoms with E-state index in [9.17, 15) is 19.2 Å². The Kier molecular flexibility index (Phi) is 6.63. The summed E-state index contributed by atoms with van der Waals surface area (Å²) in [4.78, 5) is 49.1. The normalized spacial score (nSPS) is 17.2. The Morgan fingerprint density at radius 3 is 2.27 bits per heavy atom. The molecule has 156 valence electrons. The van der Waals surface area contributed by atoms with E-state index < -0.39 is 36.1 Å². The number of carbonyl (C=O) groups excluding carboxylic acids is 4. The number of ether oxygens (including phenoxy) is 2. The third kappa shape index (κ3) is 5.34. The van der Waals surface area contributed by atoms with Gasteiger partial charge < -0.3 is 20.1 Å². The highest BCUT2D eigenvalue weighted by Gasteiger charge is 2.43. The van der Waals surface area contributed by atoms with Crippen LogP contribution in [0.15, 0.2) is 60.7 Å². The summed E-state index contributed by atoms with van der Waals surface area (Å²) >= 11 is 0. The van der Waals surface area contributed by atoms with Crippen molar-refractivity contribution in [2.45, 2.75) is 25.8 Å². The number of rotatable bonds is 7. The second-order valence-electron chi connectivity index (χ2n) is 6.55. The number of anilines is 1. The molecule has 0 radical (unpaired) electrons. The van der Waals surface area contributed by atoms with Crippen molar-refractivity contribution >= 4 is 29.6 Å². The zero-order chi connectivity index (χ0) is 21.5. The fourth-order valence-electron chi connectivity index (χ4n) is 2.80. The topological polar surface area (TPSA) is 114 Å². The van der Waals surface area contributed by atoms with Crippen molar-refractivity contribution in [3.63, 3.8) is 0 Å². The minimum absolute atomic E-state index is 0.0458. The van der Waals surface area contributed by atoms with Gasteiger partial charge in [-0.3, -0.25) is 19.3 Å². The summed E-state index contributed by atoms with van der Waals surface area (Å²) < 4.78 is 10.2. The van der Waals surface area contributed by atoms with Crippen LogP contribution in [0.1, 0.15) is 12.5 Å². The summed E-state index contributed by atoms with van der Waals surface area (Å²) in [7, 11) is 0. The highest BCUT2D eigenvalue weighted by Crippen LogP contribution is 2.16. The summed E-state index contributed by atoms with van der Waals surface area (Å²) in [6.07, 6.45) is -1.65. The van der Waals surface area contributed by atoms with Gasteiger partial charge in [-0.15, -0.1) is 0 Å². The van der Waals surface area contributed by atoms with E-state index in [1.165, 1.54) is 6.92 Å². The molecule has 0 spiro atoms. The van der Waals surface area contributed by atoms with Crippen LogP contribution in [0.3, 0.4) is 0 Å². The van der Waals surface area contributed by atoms with Crippen LogP contribution in [-0.4, -0.2) is 42.7 Å². The predicted octanol–water partition coefficient (Wildman–Crippen LogP) is 1.33. The Bertz CT molecular complexity index is 919. The molecule has 30 heavy (non-hydrogen) atoms. The highest BCUT2D eigenvalue weighted by molar-refractivity contribution is 5.98. The van der Waals surface area contributed by atoms with Gasteiger partial charge in [-0.1, -0.05) is 48.5 Å². The van der Waals surface area contributed by atoms with Crippen LogP contribution in [0.2, 0.25) is 0 Å². The highest BCUT2D eigenvalue weighted by atomic mass is 16.6. The van der Waals surface area contributed by atoms with Crippen molar-refractivity contribution in [2.24, 2.45) is 0 Å². The number of nitrogens with one attached hydrogen (secondary N) is 2. The second kappa shape index (κ2) is 9.55. The smallest absolute Gasteiger partial charge is 0.415 e. The molecule has 1 aliphatic heterocycles. The number of amides is 3. The summed E-state index contributed by atoms with van der Waals surface area (Å²) in [6.45, 7) is 0.863. The number of β-lactam (4-membered cyclic amide) rings is 1. The molecule has 9 nitrogen and oxygen atoms in total. The molecule has 0 aliphatic carbocycles. The first-order valence-corrected chi connectivity index (χ1v) is 9.24. The summed E-state index contributed by atoms with van der Waals surface area (Å²) in [5.74, 6) is -1.67. The van der Waals surface area contributed by atoms with Gasteiger partial charge in [0.25, 0.3) is 5.91 Å². The number of esters is 1. The van der Waals surface area contributed by atoms with Crippen LogP contribution >= 0.6 is 0 Å². The first-order valence-electron chi connectivity index (χ1n) is 9.24. The molecule has 1 heterocycles. The zero-order valence-electron chi connectivity index (χ0n) is 16.2. The van der Waals surface area contributed by atoms with E-state index in [1.54, 1.807) is 30.3 Å². The lowest BCUT2D eigenvalue weighted by atomic mass is 10.1. The lowest BCUT2D eigenvalue weighted by Gasteiger charge is -2.36. The van der Waals surface area contributed by atoms with Gasteiger partial charge in [0.15, 0.2) is 6.04 Å². The molecule has 0 unspecified atom stereocenters. The van der Waals surface area contributed by atoms with Crippen LogP contribution in [0.25, 0.3) is 0 Å². The molecular weight excluding hydrogens is 390 g/mol. The van der Waals surface area contributed by atoms with Crippen molar-refractivity contribution in [1.29, 1.82) is 0 Å². The summed E-state index contributed by atoms with van der Waals surface area (Å²) in [6, 6.07) is 16.7. The molecule has 0 saturated carbocycles. The van der Waals surface area contributed by atoms with Gasteiger partial charge in [0.05, 0.1) is 0 Å². The molecule has 2 N–H and O–H groups in total. The molecule has 0 bridgehead atoms. The Labute approximate surface area is 172 Å². The van der Waals surface area contributed by atoms with E-state index in [-0.39, 0.29) is 13.2 Å². The number of hydrogen-bond donors (Lipinski definition) is 2. The van der Waals surface area contributed by atoms with E-state index in [0.29, 0.717) is 5.69 Å². The molecule has 2 aromatic rings. The molecule has 0 aromatic heterocycles. The molecule has 2 atom stereocenters. The lowest BCUT2D eigenvalue weighted by Crippen LogP contribution is -2.70. The van der Waals surface area contributed by atoms with Crippen LogP contribution in [0, 0.1) is 0 Å². The molecule has 2 aromatic carbocycles. The largest absolute Gasteiger partial charge is 0.444 e. The van der Waals surface area contributed by atoms with Crippen molar-refractivity contribution in [3.8, 4) is 0 Å². The van der Waals surface area contributed by atoms with Crippen molar-refractivity contribution in [3.05, 3.63) is 66.2 Å².